The van der Waals surface area contributed by atoms with E-state index >= 15 is 0 Å². The van der Waals surface area contributed by atoms with Crippen LogP contribution in [0.5, 0.6) is 0 Å². The Morgan fingerprint density at radius 2 is 2.12 bits per heavy atom. The standard InChI is InChI=1S/C10H13N2O3S/c1-2-4-10(13)12-8-5-3-6-9(7-8)16(11,14)15/h3,5-7,11H,2,4H2,1H3,(H,12,13). The molecule has 16 heavy (non-hydrogen) atoms. The second kappa shape index (κ2) is 5.09. The summed E-state index contributed by atoms with van der Waals surface area (Å²) >= 11 is 0. The smallest absolute Gasteiger partial charge is 0.254 e. The third-order valence-electron chi connectivity index (χ3n) is 1.91. The van der Waals surface area contributed by atoms with Gasteiger partial charge in [0.15, 0.2) is 0 Å². The first-order valence-corrected chi connectivity index (χ1v) is 6.31. The molecule has 0 fully saturated rings. The highest BCUT2D eigenvalue weighted by Crippen LogP contribution is 2.14. The molecule has 0 saturated heterocycles. The number of anilines is 1. The number of rotatable bonds is 4. The first-order valence-electron chi connectivity index (χ1n) is 4.83. The highest BCUT2D eigenvalue weighted by atomic mass is 32.2. The summed E-state index contributed by atoms with van der Waals surface area (Å²) < 4.78 is 21.9. The minimum Gasteiger partial charge on any atom is -0.326 e. The predicted octanol–water partition coefficient (Wildman–Crippen LogP) is 1.40. The van der Waals surface area contributed by atoms with Crippen LogP contribution in [-0.2, 0) is 14.8 Å². The van der Waals surface area contributed by atoms with Gasteiger partial charge in [-0.2, -0.15) is 0 Å². The van der Waals surface area contributed by atoms with Gasteiger partial charge in [-0.15, -0.1) is 5.14 Å². The zero-order valence-electron chi connectivity index (χ0n) is 8.86. The summed E-state index contributed by atoms with van der Waals surface area (Å²) in [5, 5.41) is 9.46. The number of nitrogens with one attached hydrogen (secondary N) is 2. The lowest BCUT2D eigenvalue weighted by Gasteiger charge is -2.05. The highest BCUT2D eigenvalue weighted by Gasteiger charge is 2.09. The fraction of sp³-hybridized carbons (Fsp3) is 0.300. The van der Waals surface area contributed by atoms with Crippen LogP contribution < -0.4 is 10.5 Å². The largest absolute Gasteiger partial charge is 0.326 e. The van der Waals surface area contributed by atoms with Crippen molar-refractivity contribution in [2.75, 3.05) is 5.32 Å². The van der Waals surface area contributed by atoms with Crippen LogP contribution in [0, 0.1) is 0 Å². The lowest BCUT2D eigenvalue weighted by Crippen LogP contribution is -2.11. The van der Waals surface area contributed by atoms with Crippen molar-refractivity contribution < 1.29 is 13.2 Å². The molecule has 0 spiro atoms. The van der Waals surface area contributed by atoms with Gasteiger partial charge in [0.1, 0.15) is 0 Å². The van der Waals surface area contributed by atoms with Gasteiger partial charge < -0.3 is 5.32 Å². The number of hydrogen-bond acceptors (Lipinski definition) is 3. The van der Waals surface area contributed by atoms with Gasteiger partial charge in [-0.1, -0.05) is 13.0 Å². The maximum Gasteiger partial charge on any atom is 0.254 e. The molecule has 0 saturated carbocycles. The van der Waals surface area contributed by atoms with Crippen molar-refractivity contribution in [2.45, 2.75) is 24.7 Å². The van der Waals surface area contributed by atoms with Crippen molar-refractivity contribution in [3.05, 3.63) is 24.3 Å². The molecule has 1 radical (unpaired) electrons. The van der Waals surface area contributed by atoms with Gasteiger partial charge in [-0.3, -0.25) is 4.79 Å². The zero-order valence-corrected chi connectivity index (χ0v) is 9.67. The summed E-state index contributed by atoms with van der Waals surface area (Å²) in [6.45, 7) is 1.88. The quantitative estimate of drug-likeness (QED) is 0.864. The Kier molecular flexibility index (Phi) is 4.03. The van der Waals surface area contributed by atoms with E-state index in [1.54, 1.807) is 6.07 Å². The van der Waals surface area contributed by atoms with E-state index in [0.29, 0.717) is 12.1 Å². The van der Waals surface area contributed by atoms with E-state index in [-0.39, 0.29) is 10.8 Å². The number of carbonyl (C=O) groups excluding carboxylic acids is 1. The molecule has 0 aliphatic carbocycles. The molecule has 0 heterocycles. The van der Waals surface area contributed by atoms with Crippen molar-refractivity contribution in [3.63, 3.8) is 0 Å². The van der Waals surface area contributed by atoms with Gasteiger partial charge in [0.25, 0.3) is 10.0 Å². The fourth-order valence-electron chi connectivity index (χ4n) is 1.19. The number of carbonyl (C=O) groups is 1. The van der Waals surface area contributed by atoms with Crippen LogP contribution in [0.1, 0.15) is 19.8 Å². The molecule has 0 aliphatic heterocycles. The first-order chi connectivity index (χ1) is 7.43. The van der Waals surface area contributed by atoms with E-state index in [0.717, 1.165) is 6.42 Å². The number of sulfonamides is 1. The Bertz CT molecular complexity index is 483. The van der Waals surface area contributed by atoms with Crippen molar-refractivity contribution in [3.8, 4) is 0 Å². The van der Waals surface area contributed by atoms with Crippen molar-refractivity contribution >= 4 is 21.6 Å². The first kappa shape index (κ1) is 12.7. The number of amides is 1. The van der Waals surface area contributed by atoms with Crippen molar-refractivity contribution in [2.24, 2.45) is 0 Å². The lowest BCUT2D eigenvalue weighted by molar-refractivity contribution is -0.116. The molecule has 1 amide bonds. The lowest BCUT2D eigenvalue weighted by atomic mass is 10.3. The maximum absolute atomic E-state index is 11.3. The minimum atomic E-state index is -3.97. The molecule has 0 atom stereocenters. The maximum atomic E-state index is 11.3. The van der Waals surface area contributed by atoms with E-state index in [1.165, 1.54) is 18.2 Å². The molecule has 0 aromatic heterocycles. The SMILES string of the molecule is CCCC(=O)Nc1cccc(S([NH])(=O)=O)c1. The van der Waals surface area contributed by atoms with Gasteiger partial charge >= 0.3 is 0 Å². The van der Waals surface area contributed by atoms with E-state index in [4.69, 9.17) is 5.14 Å². The molecule has 1 rings (SSSR count). The zero-order chi connectivity index (χ0) is 12.2. The van der Waals surface area contributed by atoms with Crippen LogP contribution in [0.4, 0.5) is 5.69 Å². The van der Waals surface area contributed by atoms with Crippen molar-refractivity contribution in [1.82, 2.24) is 5.14 Å². The van der Waals surface area contributed by atoms with Crippen LogP contribution in [0.3, 0.4) is 0 Å². The molecule has 5 nitrogen and oxygen atoms in total. The summed E-state index contributed by atoms with van der Waals surface area (Å²) in [6.07, 6.45) is 1.11. The minimum absolute atomic E-state index is 0.123. The summed E-state index contributed by atoms with van der Waals surface area (Å²) in [4.78, 5) is 11.1. The predicted molar refractivity (Wildman–Crippen MR) is 60.3 cm³/mol. The normalized spacial score (nSPS) is 11.1. The monoisotopic (exact) mass is 241 g/mol. The van der Waals surface area contributed by atoms with E-state index < -0.39 is 10.0 Å². The van der Waals surface area contributed by atoms with Crippen LogP contribution in [0.15, 0.2) is 29.2 Å². The van der Waals surface area contributed by atoms with Gasteiger partial charge in [-0.25, -0.2) is 8.42 Å². The van der Waals surface area contributed by atoms with Gasteiger partial charge in [0.05, 0.1) is 4.90 Å². The number of benzene rings is 1. The molecule has 87 valence electrons. The average molecular weight is 241 g/mol. The third kappa shape index (κ3) is 3.63. The fourth-order valence-corrected chi connectivity index (χ4v) is 1.73. The molecule has 2 N–H and O–H groups in total. The second-order valence-corrected chi connectivity index (χ2v) is 4.81. The average Bonchev–Trinajstić information content (AvgIpc) is 2.17. The van der Waals surface area contributed by atoms with Gasteiger partial charge in [0.2, 0.25) is 5.91 Å². The Hall–Kier alpha value is -1.40. The van der Waals surface area contributed by atoms with Crippen LogP contribution in [0.25, 0.3) is 0 Å². The molecular formula is C10H13N2O3S. The molecule has 6 heteroatoms. The summed E-state index contributed by atoms with van der Waals surface area (Å²) in [6, 6.07) is 5.67. The molecular weight excluding hydrogens is 228 g/mol. The summed E-state index contributed by atoms with van der Waals surface area (Å²) in [5.74, 6) is -0.165. The molecule has 0 aliphatic rings. The Morgan fingerprint density at radius 1 is 1.44 bits per heavy atom. The van der Waals surface area contributed by atoms with E-state index in [2.05, 4.69) is 5.32 Å². The molecule has 0 bridgehead atoms. The Morgan fingerprint density at radius 3 is 2.69 bits per heavy atom. The Balaban J connectivity index is 2.88. The second-order valence-electron chi connectivity index (χ2n) is 3.33. The van der Waals surface area contributed by atoms with Crippen LogP contribution in [0.2, 0.25) is 0 Å². The highest BCUT2D eigenvalue weighted by molar-refractivity contribution is 7.88. The molecule has 0 unspecified atom stereocenters. The van der Waals surface area contributed by atoms with Gasteiger partial charge in [0, 0.05) is 12.1 Å². The number of hydrogen-bond donors (Lipinski definition) is 1. The molecule has 1 aromatic rings. The van der Waals surface area contributed by atoms with Crippen molar-refractivity contribution in [1.29, 1.82) is 0 Å². The van der Waals surface area contributed by atoms with E-state index in [1.807, 2.05) is 6.92 Å². The topological polar surface area (TPSA) is 87.0 Å². The van der Waals surface area contributed by atoms with Crippen LogP contribution in [-0.4, -0.2) is 14.3 Å². The summed E-state index contributed by atoms with van der Waals surface area (Å²) in [7, 11) is -3.97. The van der Waals surface area contributed by atoms with Gasteiger partial charge in [-0.05, 0) is 24.6 Å². The Labute approximate surface area is 94.7 Å². The summed E-state index contributed by atoms with van der Waals surface area (Å²) in [5.41, 5.74) is 0.395. The molecule has 1 aromatic carbocycles. The van der Waals surface area contributed by atoms with Crippen LogP contribution >= 0.6 is 0 Å². The third-order valence-corrected chi connectivity index (χ3v) is 2.78. The van der Waals surface area contributed by atoms with E-state index in [9.17, 15) is 13.2 Å².